The van der Waals surface area contributed by atoms with Gasteiger partial charge in [0.1, 0.15) is 5.52 Å². The fraction of sp³-hybridized carbons (Fsp3) is 0. The standard InChI is InChI=1S/C13H10N4S/c1-2-6-10(7-3-1)14-16-13-17-15-11-8-4-5-9-12(11)18-13/h1-9,14H/b16-13-. The molecule has 0 unspecified atom stereocenters. The van der Waals surface area contributed by atoms with Gasteiger partial charge in [0.2, 0.25) is 4.80 Å². The summed E-state index contributed by atoms with van der Waals surface area (Å²) in [6.45, 7) is 0. The Labute approximate surface area is 108 Å². The number of benzene rings is 2. The van der Waals surface area contributed by atoms with E-state index in [1.165, 1.54) is 11.3 Å². The predicted octanol–water partition coefficient (Wildman–Crippen LogP) is 2.62. The topological polar surface area (TPSA) is 50.2 Å². The molecule has 0 radical (unpaired) electrons. The second kappa shape index (κ2) is 4.93. The third-order valence-electron chi connectivity index (χ3n) is 2.36. The first-order chi connectivity index (χ1) is 8.92. The number of hydrogen-bond donors (Lipinski definition) is 1. The molecule has 4 nitrogen and oxygen atoms in total. The third kappa shape index (κ3) is 2.36. The summed E-state index contributed by atoms with van der Waals surface area (Å²) in [6.07, 6.45) is 0. The molecule has 1 aromatic heterocycles. The fourth-order valence-corrected chi connectivity index (χ4v) is 2.24. The number of fused-ring (bicyclic) bond motifs is 1. The van der Waals surface area contributed by atoms with Gasteiger partial charge in [0.25, 0.3) is 0 Å². The molecule has 0 amide bonds. The van der Waals surface area contributed by atoms with Crippen molar-refractivity contribution < 1.29 is 0 Å². The van der Waals surface area contributed by atoms with Crippen molar-refractivity contribution in [1.29, 1.82) is 0 Å². The molecule has 3 rings (SSSR count). The molecule has 0 aliphatic rings. The summed E-state index contributed by atoms with van der Waals surface area (Å²) in [5, 5.41) is 12.4. The molecular weight excluding hydrogens is 244 g/mol. The highest BCUT2D eigenvalue weighted by molar-refractivity contribution is 7.15. The SMILES string of the molecule is c1ccc(N/N=c2/nnc3ccccc3s2)cc1. The smallest absolute Gasteiger partial charge is 0.248 e. The van der Waals surface area contributed by atoms with E-state index in [0.29, 0.717) is 4.80 Å². The number of nitrogens with zero attached hydrogens (tertiary/aromatic N) is 3. The molecule has 0 atom stereocenters. The zero-order valence-corrected chi connectivity index (χ0v) is 10.3. The summed E-state index contributed by atoms with van der Waals surface area (Å²) in [5.74, 6) is 0. The van der Waals surface area contributed by atoms with Crippen LogP contribution in [0.4, 0.5) is 5.69 Å². The fourth-order valence-electron chi connectivity index (χ4n) is 1.51. The first-order valence-electron chi connectivity index (χ1n) is 5.49. The molecule has 0 spiro atoms. The molecular formula is C13H10N4S. The van der Waals surface area contributed by atoms with Crippen molar-refractivity contribution >= 4 is 27.2 Å². The zero-order valence-electron chi connectivity index (χ0n) is 9.45. The Morgan fingerprint density at radius 1 is 0.889 bits per heavy atom. The van der Waals surface area contributed by atoms with Crippen LogP contribution >= 0.6 is 11.3 Å². The molecule has 3 aromatic rings. The average molecular weight is 254 g/mol. The molecule has 2 aromatic carbocycles. The molecule has 0 aliphatic carbocycles. The van der Waals surface area contributed by atoms with E-state index < -0.39 is 0 Å². The summed E-state index contributed by atoms with van der Waals surface area (Å²) in [6, 6.07) is 17.6. The van der Waals surface area contributed by atoms with Gasteiger partial charge in [-0.15, -0.1) is 15.3 Å². The van der Waals surface area contributed by atoms with Gasteiger partial charge in [-0.25, -0.2) is 0 Å². The van der Waals surface area contributed by atoms with Crippen LogP contribution in [-0.4, -0.2) is 10.2 Å². The van der Waals surface area contributed by atoms with Crippen molar-refractivity contribution in [2.45, 2.75) is 0 Å². The first-order valence-corrected chi connectivity index (χ1v) is 6.31. The van der Waals surface area contributed by atoms with E-state index in [1.807, 2.05) is 54.6 Å². The Kier molecular flexibility index (Phi) is 2.97. The van der Waals surface area contributed by atoms with Crippen LogP contribution < -0.4 is 10.2 Å². The Morgan fingerprint density at radius 2 is 1.67 bits per heavy atom. The lowest BCUT2D eigenvalue weighted by Crippen LogP contribution is -2.08. The first kappa shape index (κ1) is 10.9. The molecule has 5 heteroatoms. The molecule has 88 valence electrons. The van der Waals surface area contributed by atoms with E-state index in [9.17, 15) is 0 Å². The quantitative estimate of drug-likeness (QED) is 0.715. The molecule has 0 aliphatic heterocycles. The summed E-state index contributed by atoms with van der Waals surface area (Å²) in [5.41, 5.74) is 4.78. The highest BCUT2D eigenvalue weighted by atomic mass is 32.1. The summed E-state index contributed by atoms with van der Waals surface area (Å²) in [4.78, 5) is 0.609. The summed E-state index contributed by atoms with van der Waals surface area (Å²) >= 11 is 1.50. The summed E-state index contributed by atoms with van der Waals surface area (Å²) < 4.78 is 1.07. The lowest BCUT2D eigenvalue weighted by atomic mass is 10.3. The Hall–Kier alpha value is -2.27. The minimum atomic E-state index is 0.609. The van der Waals surface area contributed by atoms with Gasteiger partial charge in [-0.2, -0.15) is 0 Å². The van der Waals surface area contributed by atoms with Crippen LogP contribution in [0.25, 0.3) is 10.2 Å². The van der Waals surface area contributed by atoms with Crippen LogP contribution in [0.5, 0.6) is 0 Å². The van der Waals surface area contributed by atoms with Crippen molar-refractivity contribution in [2.24, 2.45) is 5.10 Å². The predicted molar refractivity (Wildman–Crippen MR) is 73.0 cm³/mol. The van der Waals surface area contributed by atoms with Gasteiger partial charge >= 0.3 is 0 Å². The molecule has 0 saturated carbocycles. The monoisotopic (exact) mass is 254 g/mol. The number of rotatable bonds is 2. The average Bonchev–Trinajstić information content (AvgIpc) is 2.46. The van der Waals surface area contributed by atoms with E-state index >= 15 is 0 Å². The van der Waals surface area contributed by atoms with E-state index in [2.05, 4.69) is 20.7 Å². The number of anilines is 1. The van der Waals surface area contributed by atoms with Crippen molar-refractivity contribution in [2.75, 3.05) is 5.43 Å². The Bertz CT molecular complexity index is 721. The Balaban J connectivity index is 1.94. The molecule has 0 saturated heterocycles. The molecule has 0 bridgehead atoms. The van der Waals surface area contributed by atoms with Crippen LogP contribution in [-0.2, 0) is 0 Å². The van der Waals surface area contributed by atoms with Crippen molar-refractivity contribution in [3.63, 3.8) is 0 Å². The van der Waals surface area contributed by atoms with E-state index in [0.717, 1.165) is 15.9 Å². The number of nitrogens with one attached hydrogen (secondary N) is 1. The second-order valence-corrected chi connectivity index (χ2v) is 4.65. The van der Waals surface area contributed by atoms with E-state index in [-0.39, 0.29) is 0 Å². The van der Waals surface area contributed by atoms with Crippen molar-refractivity contribution in [3.8, 4) is 0 Å². The van der Waals surface area contributed by atoms with E-state index in [4.69, 9.17) is 0 Å². The van der Waals surface area contributed by atoms with E-state index in [1.54, 1.807) is 0 Å². The minimum Gasteiger partial charge on any atom is -0.276 e. The zero-order chi connectivity index (χ0) is 12.2. The van der Waals surface area contributed by atoms with Crippen LogP contribution in [0.3, 0.4) is 0 Å². The molecule has 1 heterocycles. The van der Waals surface area contributed by atoms with Gasteiger partial charge < -0.3 is 0 Å². The summed E-state index contributed by atoms with van der Waals surface area (Å²) in [7, 11) is 0. The Morgan fingerprint density at radius 3 is 2.56 bits per heavy atom. The van der Waals surface area contributed by atoms with Crippen molar-refractivity contribution in [1.82, 2.24) is 10.2 Å². The van der Waals surface area contributed by atoms with Gasteiger partial charge in [0, 0.05) is 0 Å². The molecule has 1 N–H and O–H groups in total. The highest BCUT2D eigenvalue weighted by Gasteiger charge is 1.94. The maximum Gasteiger partial charge on any atom is 0.248 e. The van der Waals surface area contributed by atoms with Crippen LogP contribution in [0.15, 0.2) is 59.7 Å². The maximum absolute atomic E-state index is 4.22. The normalized spacial score (nSPS) is 11.7. The van der Waals surface area contributed by atoms with Crippen LogP contribution in [0.2, 0.25) is 0 Å². The molecule has 0 fully saturated rings. The lowest BCUT2D eigenvalue weighted by molar-refractivity contribution is 1.01. The van der Waals surface area contributed by atoms with Gasteiger partial charge in [0.15, 0.2) is 0 Å². The van der Waals surface area contributed by atoms with Gasteiger partial charge in [-0.3, -0.25) is 5.43 Å². The largest absolute Gasteiger partial charge is 0.276 e. The van der Waals surface area contributed by atoms with Crippen LogP contribution in [0, 0.1) is 0 Å². The third-order valence-corrected chi connectivity index (χ3v) is 3.28. The second-order valence-electron chi connectivity index (χ2n) is 3.64. The van der Waals surface area contributed by atoms with Crippen molar-refractivity contribution in [3.05, 3.63) is 59.4 Å². The maximum atomic E-state index is 4.22. The molecule has 18 heavy (non-hydrogen) atoms. The number of hydrogen-bond acceptors (Lipinski definition) is 5. The minimum absolute atomic E-state index is 0.609. The number of para-hydroxylation sites is 1. The number of aromatic nitrogens is 2. The highest BCUT2D eigenvalue weighted by Crippen LogP contribution is 2.10. The lowest BCUT2D eigenvalue weighted by Gasteiger charge is -1.97. The van der Waals surface area contributed by atoms with Gasteiger partial charge in [0.05, 0.1) is 10.4 Å². The van der Waals surface area contributed by atoms with Crippen LogP contribution in [0.1, 0.15) is 0 Å². The van der Waals surface area contributed by atoms with Gasteiger partial charge in [-0.05, 0) is 24.3 Å². The van der Waals surface area contributed by atoms with Gasteiger partial charge in [-0.1, -0.05) is 41.7 Å².